The minimum absolute atomic E-state index is 0.268. The zero-order valence-corrected chi connectivity index (χ0v) is 16.2. The van der Waals surface area contributed by atoms with Crippen molar-refractivity contribution in [2.24, 2.45) is 0 Å². The van der Waals surface area contributed by atoms with Crippen LogP contribution in [0.3, 0.4) is 0 Å². The number of hydrogen-bond donors (Lipinski definition) is 2. The van der Waals surface area contributed by atoms with Crippen molar-refractivity contribution in [3.05, 3.63) is 81.9 Å². The molecule has 0 fully saturated rings. The van der Waals surface area contributed by atoms with E-state index in [0.29, 0.717) is 0 Å². The number of rotatable bonds is 3. The van der Waals surface area contributed by atoms with Crippen LogP contribution in [0.5, 0.6) is 0 Å². The van der Waals surface area contributed by atoms with E-state index in [1.54, 1.807) is 6.08 Å². The molecule has 0 aliphatic rings. The molecule has 0 aliphatic heterocycles. The third-order valence-electron chi connectivity index (χ3n) is 3.58. The van der Waals surface area contributed by atoms with Crippen LogP contribution in [0.2, 0.25) is 0 Å². The summed E-state index contributed by atoms with van der Waals surface area (Å²) in [7, 11) is 0. The van der Waals surface area contributed by atoms with E-state index in [9.17, 15) is 4.79 Å². The summed E-state index contributed by atoms with van der Waals surface area (Å²) in [5, 5.41) is 8.16. The molecule has 1 amide bonds. The molecule has 0 bridgehead atoms. The van der Waals surface area contributed by atoms with Crippen molar-refractivity contribution in [1.82, 2.24) is 5.32 Å². The molecule has 3 aromatic carbocycles. The van der Waals surface area contributed by atoms with E-state index in [2.05, 4.69) is 33.2 Å². The summed E-state index contributed by atoms with van der Waals surface area (Å²) in [5.41, 5.74) is 1.83. The average Bonchev–Trinajstić information content (AvgIpc) is 2.62. The van der Waals surface area contributed by atoms with Gasteiger partial charge in [0.1, 0.15) is 0 Å². The Labute approximate surface area is 165 Å². The summed E-state index contributed by atoms with van der Waals surface area (Å²) in [6.07, 6.45) is 3.29. The Morgan fingerprint density at radius 3 is 2.48 bits per heavy atom. The Bertz CT molecular complexity index is 946. The lowest BCUT2D eigenvalue weighted by atomic mass is 10.0. The highest BCUT2D eigenvalue weighted by Crippen LogP contribution is 2.19. The highest BCUT2D eigenvalue weighted by atomic mass is 127. The predicted molar refractivity (Wildman–Crippen MR) is 117 cm³/mol. The Balaban J connectivity index is 1.64. The van der Waals surface area contributed by atoms with Gasteiger partial charge >= 0.3 is 0 Å². The van der Waals surface area contributed by atoms with Crippen molar-refractivity contribution < 1.29 is 4.79 Å². The molecule has 3 rings (SSSR count). The van der Waals surface area contributed by atoms with E-state index in [-0.39, 0.29) is 11.0 Å². The molecule has 0 radical (unpaired) electrons. The fraction of sp³-hybridized carbons (Fsp3) is 0. The molecule has 0 unspecified atom stereocenters. The Kier molecular flexibility index (Phi) is 5.78. The topological polar surface area (TPSA) is 41.1 Å². The number of amides is 1. The van der Waals surface area contributed by atoms with Crippen LogP contribution in [-0.2, 0) is 4.79 Å². The van der Waals surface area contributed by atoms with Gasteiger partial charge < -0.3 is 5.32 Å². The van der Waals surface area contributed by atoms with Crippen LogP contribution in [0.1, 0.15) is 5.56 Å². The molecule has 0 saturated carbocycles. The van der Waals surface area contributed by atoms with Gasteiger partial charge in [-0.25, -0.2) is 0 Å². The first kappa shape index (κ1) is 17.6. The number of carbonyl (C=O) groups is 1. The van der Waals surface area contributed by atoms with Crippen molar-refractivity contribution in [2.45, 2.75) is 0 Å². The average molecular weight is 458 g/mol. The monoisotopic (exact) mass is 458 g/mol. The van der Waals surface area contributed by atoms with Crippen LogP contribution < -0.4 is 10.6 Å². The largest absolute Gasteiger partial charge is 0.332 e. The highest BCUT2D eigenvalue weighted by molar-refractivity contribution is 14.1. The molecule has 0 saturated heterocycles. The summed E-state index contributed by atoms with van der Waals surface area (Å²) in [4.78, 5) is 12.1. The van der Waals surface area contributed by atoms with Crippen molar-refractivity contribution in [3.8, 4) is 0 Å². The second kappa shape index (κ2) is 8.22. The lowest BCUT2D eigenvalue weighted by Gasteiger charge is -2.08. The second-order valence-corrected chi connectivity index (χ2v) is 7.01. The van der Waals surface area contributed by atoms with Crippen LogP contribution in [0.25, 0.3) is 16.8 Å². The van der Waals surface area contributed by atoms with Crippen LogP contribution in [-0.4, -0.2) is 11.0 Å². The van der Waals surface area contributed by atoms with E-state index in [1.807, 2.05) is 66.7 Å². The van der Waals surface area contributed by atoms with Gasteiger partial charge in [0.25, 0.3) is 0 Å². The van der Waals surface area contributed by atoms with E-state index >= 15 is 0 Å². The van der Waals surface area contributed by atoms with Crippen molar-refractivity contribution >= 4 is 68.4 Å². The molecule has 25 heavy (non-hydrogen) atoms. The minimum Gasteiger partial charge on any atom is -0.332 e. The first-order valence-corrected chi connectivity index (χ1v) is 9.14. The van der Waals surface area contributed by atoms with E-state index in [4.69, 9.17) is 12.2 Å². The molecule has 124 valence electrons. The van der Waals surface area contributed by atoms with Gasteiger partial charge in [-0.1, -0.05) is 42.5 Å². The van der Waals surface area contributed by atoms with Gasteiger partial charge in [0.15, 0.2) is 5.11 Å². The lowest BCUT2D eigenvalue weighted by molar-refractivity contribution is -0.115. The van der Waals surface area contributed by atoms with Crippen molar-refractivity contribution in [3.63, 3.8) is 0 Å². The zero-order chi connectivity index (χ0) is 17.6. The summed E-state index contributed by atoms with van der Waals surface area (Å²) in [6.45, 7) is 0. The molecule has 2 N–H and O–H groups in total. The van der Waals surface area contributed by atoms with E-state index in [0.717, 1.165) is 25.6 Å². The lowest BCUT2D eigenvalue weighted by Crippen LogP contribution is -2.32. The van der Waals surface area contributed by atoms with Crippen LogP contribution in [0.15, 0.2) is 72.8 Å². The molecule has 3 aromatic rings. The smallest absolute Gasteiger partial charge is 0.250 e. The maximum absolute atomic E-state index is 12.1. The van der Waals surface area contributed by atoms with E-state index in [1.165, 1.54) is 6.08 Å². The van der Waals surface area contributed by atoms with Gasteiger partial charge in [0.05, 0.1) is 0 Å². The highest BCUT2D eigenvalue weighted by Gasteiger charge is 2.02. The van der Waals surface area contributed by atoms with E-state index < -0.39 is 0 Å². The number of thiocarbonyl (C=S) groups is 1. The Morgan fingerprint density at radius 1 is 0.960 bits per heavy atom. The van der Waals surface area contributed by atoms with Crippen molar-refractivity contribution in [2.75, 3.05) is 5.32 Å². The van der Waals surface area contributed by atoms with Gasteiger partial charge in [-0.05, 0) is 81.5 Å². The number of fused-ring (bicyclic) bond motifs is 1. The van der Waals surface area contributed by atoms with Crippen LogP contribution >= 0.6 is 34.8 Å². The Morgan fingerprint density at radius 2 is 1.68 bits per heavy atom. The number of halogens is 1. The van der Waals surface area contributed by atoms with Gasteiger partial charge in [0.2, 0.25) is 5.91 Å². The third-order valence-corrected chi connectivity index (χ3v) is 4.50. The summed E-state index contributed by atoms with van der Waals surface area (Å²) >= 11 is 7.41. The standard InChI is InChI=1S/C20H15IN2OS/c21-16-9-11-17(12-10-16)22-20(25)23-19(24)13-8-15-6-3-5-14-4-1-2-7-18(14)15/h1-13H,(H2,22,23,24,25). The molecule has 0 spiro atoms. The van der Waals surface area contributed by atoms with Crippen molar-refractivity contribution in [1.29, 1.82) is 0 Å². The predicted octanol–water partition coefficient (Wildman–Crippen LogP) is 4.97. The number of carbonyl (C=O) groups excluding carboxylic acids is 1. The summed E-state index contributed by atoms with van der Waals surface area (Å²) < 4.78 is 1.14. The maximum atomic E-state index is 12.1. The SMILES string of the molecule is O=C(C=Cc1cccc2ccccc12)NC(=S)Nc1ccc(I)cc1. The molecule has 0 heterocycles. The Hall–Kier alpha value is -2.25. The number of hydrogen-bond acceptors (Lipinski definition) is 2. The fourth-order valence-electron chi connectivity index (χ4n) is 2.41. The third kappa shape index (κ3) is 4.87. The molecule has 0 aromatic heterocycles. The molecular weight excluding hydrogens is 443 g/mol. The molecule has 0 aliphatic carbocycles. The normalized spacial score (nSPS) is 10.8. The minimum atomic E-state index is -0.268. The first-order valence-electron chi connectivity index (χ1n) is 7.65. The van der Waals surface area contributed by atoms with Crippen LogP contribution in [0, 0.1) is 3.57 Å². The van der Waals surface area contributed by atoms with Gasteiger partial charge in [0, 0.05) is 15.3 Å². The first-order chi connectivity index (χ1) is 12.1. The second-order valence-electron chi connectivity index (χ2n) is 5.35. The zero-order valence-electron chi connectivity index (χ0n) is 13.2. The summed E-state index contributed by atoms with van der Waals surface area (Å²) in [6, 6.07) is 21.8. The quantitative estimate of drug-likeness (QED) is 0.331. The number of anilines is 1. The van der Waals surface area contributed by atoms with Gasteiger partial charge in [-0.3, -0.25) is 10.1 Å². The molecular formula is C20H15IN2OS. The van der Waals surface area contributed by atoms with Crippen LogP contribution in [0.4, 0.5) is 5.69 Å². The number of benzene rings is 3. The summed E-state index contributed by atoms with van der Waals surface area (Å²) in [5.74, 6) is -0.268. The molecule has 3 nitrogen and oxygen atoms in total. The maximum Gasteiger partial charge on any atom is 0.250 e. The molecule has 5 heteroatoms. The molecule has 0 atom stereocenters. The number of nitrogens with one attached hydrogen (secondary N) is 2. The van der Waals surface area contributed by atoms with Gasteiger partial charge in [-0.2, -0.15) is 0 Å². The fourth-order valence-corrected chi connectivity index (χ4v) is 2.99. The van der Waals surface area contributed by atoms with Gasteiger partial charge in [-0.15, -0.1) is 0 Å².